The van der Waals surface area contributed by atoms with Crippen LogP contribution < -0.4 is 0 Å². The molecule has 0 unspecified atom stereocenters. The Morgan fingerprint density at radius 3 is 1.12 bits per heavy atom. The summed E-state index contributed by atoms with van der Waals surface area (Å²) in [7, 11) is 0. The van der Waals surface area contributed by atoms with Crippen LogP contribution in [-0.4, -0.2) is 0 Å². The van der Waals surface area contributed by atoms with Gasteiger partial charge >= 0.3 is 0 Å². The first kappa shape index (κ1) is 24.6. The van der Waals surface area contributed by atoms with Crippen LogP contribution in [0.4, 0.5) is 0 Å². The standard InChI is InChI=1S/2C7H8.C6H10.C5H8/c2*1-7-5-3-2-4-6-7;1-4-5-6(2)3;1-4-5(2)3/h2*2-6H,1H3;4-5H,2H2,1,3H3;4H,1-2H2,3H3/b;;5-4-;. The Balaban J connectivity index is 0. The molecule has 2 aromatic rings. The molecule has 0 heterocycles. The maximum Gasteiger partial charge on any atom is -0.0398 e. The van der Waals surface area contributed by atoms with Gasteiger partial charge in [-0.25, -0.2) is 0 Å². The Kier molecular flexibility index (Phi) is 17.5. The molecule has 0 saturated heterocycles. The summed E-state index contributed by atoms with van der Waals surface area (Å²) in [6.07, 6.45) is 5.67. The monoisotopic (exact) mass is 334 g/mol. The molecule has 0 fully saturated rings. The zero-order chi connectivity index (χ0) is 19.5. The molecule has 0 nitrogen and oxygen atoms in total. The van der Waals surface area contributed by atoms with Crippen molar-refractivity contribution in [3.8, 4) is 0 Å². The lowest BCUT2D eigenvalue weighted by Gasteiger charge is -1.82. The second kappa shape index (κ2) is 17.7. The molecule has 2 rings (SSSR count). The average Bonchev–Trinajstić information content (AvgIpc) is 2.58. The maximum atomic E-state index is 3.66. The highest BCUT2D eigenvalue weighted by Gasteiger charge is 1.72. The molecule has 0 amide bonds. The lowest BCUT2D eigenvalue weighted by molar-refractivity contribution is 1.48. The fraction of sp³-hybridized carbons (Fsp3) is 0.200. The van der Waals surface area contributed by atoms with Gasteiger partial charge in [0.05, 0.1) is 0 Å². The van der Waals surface area contributed by atoms with Crippen molar-refractivity contribution in [2.75, 3.05) is 0 Å². The third kappa shape index (κ3) is 23.8. The molecule has 0 aromatic heterocycles. The molecular weight excluding hydrogens is 300 g/mol. The van der Waals surface area contributed by atoms with Gasteiger partial charge < -0.3 is 0 Å². The number of rotatable bonds is 2. The van der Waals surface area contributed by atoms with E-state index in [1.54, 1.807) is 6.08 Å². The van der Waals surface area contributed by atoms with E-state index < -0.39 is 0 Å². The van der Waals surface area contributed by atoms with E-state index in [1.165, 1.54) is 11.1 Å². The van der Waals surface area contributed by atoms with Gasteiger partial charge in [0, 0.05) is 0 Å². The number of hydrogen-bond acceptors (Lipinski definition) is 0. The van der Waals surface area contributed by atoms with Gasteiger partial charge in [0.25, 0.3) is 0 Å². The number of allylic oxidation sites excluding steroid dienone is 5. The largest absolute Gasteiger partial charge is 0.0988 e. The highest BCUT2D eigenvalue weighted by Crippen LogP contribution is 1.92. The van der Waals surface area contributed by atoms with Gasteiger partial charge in [-0.05, 0) is 34.6 Å². The van der Waals surface area contributed by atoms with Gasteiger partial charge in [0.2, 0.25) is 0 Å². The normalized spacial score (nSPS) is 8.52. The minimum absolute atomic E-state index is 1.02. The highest BCUT2D eigenvalue weighted by molar-refractivity contribution is 5.12. The predicted octanol–water partition coefficient (Wildman–Crippen LogP) is 7.88. The Bertz CT molecular complexity index is 564. The fourth-order valence-corrected chi connectivity index (χ4v) is 1.35. The number of benzene rings is 2. The van der Waals surface area contributed by atoms with Gasteiger partial charge in [0.15, 0.2) is 0 Å². The Labute approximate surface area is 155 Å². The minimum atomic E-state index is 1.02. The van der Waals surface area contributed by atoms with Crippen molar-refractivity contribution in [1.29, 1.82) is 0 Å². The van der Waals surface area contributed by atoms with Crippen molar-refractivity contribution in [3.63, 3.8) is 0 Å². The molecule has 0 atom stereocenters. The zero-order valence-corrected chi connectivity index (χ0v) is 16.6. The minimum Gasteiger partial charge on any atom is -0.0988 e. The van der Waals surface area contributed by atoms with Crippen molar-refractivity contribution in [1.82, 2.24) is 0 Å². The third-order valence-electron chi connectivity index (χ3n) is 2.68. The quantitative estimate of drug-likeness (QED) is 0.490. The summed E-state index contributed by atoms with van der Waals surface area (Å²) < 4.78 is 0. The van der Waals surface area contributed by atoms with E-state index in [9.17, 15) is 0 Å². The average molecular weight is 335 g/mol. The van der Waals surface area contributed by atoms with E-state index in [-0.39, 0.29) is 0 Å². The van der Waals surface area contributed by atoms with Gasteiger partial charge in [-0.2, -0.15) is 0 Å². The molecule has 0 aliphatic carbocycles. The summed E-state index contributed by atoms with van der Waals surface area (Å²) in [5.74, 6) is 0. The highest BCUT2D eigenvalue weighted by atomic mass is 13.8. The van der Waals surface area contributed by atoms with Crippen molar-refractivity contribution in [2.45, 2.75) is 34.6 Å². The van der Waals surface area contributed by atoms with E-state index in [0.717, 1.165) is 11.1 Å². The lowest BCUT2D eigenvalue weighted by atomic mass is 10.2. The van der Waals surface area contributed by atoms with Crippen LogP contribution in [0.25, 0.3) is 0 Å². The van der Waals surface area contributed by atoms with Crippen LogP contribution in [0.3, 0.4) is 0 Å². The molecule has 0 radical (unpaired) electrons. The predicted molar refractivity (Wildman–Crippen MR) is 117 cm³/mol. The summed E-state index contributed by atoms with van der Waals surface area (Å²) in [6.45, 7) is 20.7. The molecule has 0 aliphatic heterocycles. The van der Waals surface area contributed by atoms with Crippen LogP contribution in [0.15, 0.2) is 110 Å². The van der Waals surface area contributed by atoms with Crippen molar-refractivity contribution < 1.29 is 0 Å². The molecule has 2 aromatic carbocycles. The van der Waals surface area contributed by atoms with Crippen LogP contribution >= 0.6 is 0 Å². The van der Waals surface area contributed by atoms with Crippen LogP contribution in [0.2, 0.25) is 0 Å². The van der Waals surface area contributed by atoms with Gasteiger partial charge in [-0.15, -0.1) is 0 Å². The van der Waals surface area contributed by atoms with Crippen molar-refractivity contribution in [3.05, 3.63) is 121 Å². The van der Waals surface area contributed by atoms with Crippen LogP contribution in [0, 0.1) is 13.8 Å². The summed E-state index contributed by atoms with van der Waals surface area (Å²) in [6, 6.07) is 20.5. The first-order chi connectivity index (χ1) is 11.8. The van der Waals surface area contributed by atoms with E-state index in [2.05, 4.69) is 57.8 Å². The SMILES string of the molecule is C=C(C)/C=C\C.C=CC(=C)C.Cc1ccccc1.Cc1ccccc1. The summed E-state index contributed by atoms with van der Waals surface area (Å²) in [5, 5.41) is 0. The van der Waals surface area contributed by atoms with Crippen molar-refractivity contribution >= 4 is 0 Å². The lowest BCUT2D eigenvalue weighted by Crippen LogP contribution is -1.62. The second-order valence-electron chi connectivity index (χ2n) is 5.71. The van der Waals surface area contributed by atoms with Gasteiger partial charge in [-0.3, -0.25) is 0 Å². The van der Waals surface area contributed by atoms with Crippen LogP contribution in [0.5, 0.6) is 0 Å². The van der Waals surface area contributed by atoms with Crippen LogP contribution in [0.1, 0.15) is 31.9 Å². The zero-order valence-electron chi connectivity index (χ0n) is 16.6. The molecule has 0 aliphatic rings. The first-order valence-electron chi connectivity index (χ1n) is 8.42. The fourth-order valence-electron chi connectivity index (χ4n) is 1.35. The molecule has 0 heteroatoms. The summed E-state index contributed by atoms with van der Waals surface area (Å²) >= 11 is 0. The van der Waals surface area contributed by atoms with E-state index in [0.29, 0.717) is 0 Å². The molecule has 0 bridgehead atoms. The van der Waals surface area contributed by atoms with Crippen LogP contribution in [-0.2, 0) is 0 Å². The molecule has 0 N–H and O–H groups in total. The number of aryl methyl sites for hydroxylation is 2. The topological polar surface area (TPSA) is 0 Å². The Morgan fingerprint density at radius 1 is 0.720 bits per heavy atom. The molecule has 134 valence electrons. The molecule has 0 spiro atoms. The maximum absolute atomic E-state index is 3.66. The molecule has 25 heavy (non-hydrogen) atoms. The number of hydrogen-bond donors (Lipinski definition) is 0. The molecular formula is C25H34. The summed E-state index contributed by atoms with van der Waals surface area (Å²) in [5.41, 5.74) is 4.77. The van der Waals surface area contributed by atoms with Gasteiger partial charge in [-0.1, -0.05) is 121 Å². The van der Waals surface area contributed by atoms with E-state index in [1.807, 2.05) is 69.3 Å². The smallest absolute Gasteiger partial charge is 0.0398 e. The van der Waals surface area contributed by atoms with Crippen molar-refractivity contribution in [2.24, 2.45) is 0 Å². The second-order valence-corrected chi connectivity index (χ2v) is 5.71. The van der Waals surface area contributed by atoms with Gasteiger partial charge in [0.1, 0.15) is 0 Å². The Hall–Kier alpha value is -2.60. The van der Waals surface area contributed by atoms with E-state index >= 15 is 0 Å². The van der Waals surface area contributed by atoms with E-state index in [4.69, 9.17) is 0 Å². The molecule has 0 saturated carbocycles. The summed E-state index contributed by atoms with van der Waals surface area (Å²) in [4.78, 5) is 0. The third-order valence-corrected chi connectivity index (χ3v) is 2.68. The Morgan fingerprint density at radius 2 is 1.04 bits per heavy atom. The first-order valence-corrected chi connectivity index (χ1v) is 8.42.